The fourth-order valence-electron chi connectivity index (χ4n) is 2.94. The molecular formula is C24H38N2O. The SMILES string of the molecule is CCCCC/C=C\C/C=C\CCCCCCCC(=O)Nc1cccc(N)c1. The van der Waals surface area contributed by atoms with Crippen LogP contribution in [0, 0.1) is 0 Å². The molecule has 0 spiro atoms. The normalized spacial score (nSPS) is 11.4. The van der Waals surface area contributed by atoms with E-state index in [-0.39, 0.29) is 5.91 Å². The minimum atomic E-state index is 0.0753. The summed E-state index contributed by atoms with van der Waals surface area (Å²) >= 11 is 0. The summed E-state index contributed by atoms with van der Waals surface area (Å²) in [5, 5.41) is 2.90. The zero-order valence-corrected chi connectivity index (χ0v) is 17.1. The second kappa shape index (κ2) is 16.2. The lowest BCUT2D eigenvalue weighted by atomic mass is 10.1. The Morgan fingerprint density at radius 2 is 1.59 bits per heavy atom. The number of allylic oxidation sites excluding steroid dienone is 4. The first-order valence-corrected chi connectivity index (χ1v) is 10.7. The maximum absolute atomic E-state index is 11.9. The molecule has 3 heteroatoms. The standard InChI is InChI=1S/C24H38N2O/c1-2-3-4-5-6-7-8-9-10-11-12-13-14-15-16-20-24(27)26-23-19-17-18-22(25)21-23/h6-7,9-10,17-19,21H,2-5,8,11-16,20,25H2,1H3,(H,26,27)/b7-6-,10-9-. The van der Waals surface area contributed by atoms with Crippen LogP contribution in [0.25, 0.3) is 0 Å². The van der Waals surface area contributed by atoms with Gasteiger partial charge in [-0.1, -0.05) is 69.4 Å². The van der Waals surface area contributed by atoms with Crippen LogP contribution in [-0.2, 0) is 4.79 Å². The predicted octanol–water partition coefficient (Wildman–Crippen LogP) is 7.02. The van der Waals surface area contributed by atoms with Gasteiger partial charge < -0.3 is 11.1 Å². The molecule has 0 bridgehead atoms. The van der Waals surface area contributed by atoms with Gasteiger partial charge >= 0.3 is 0 Å². The van der Waals surface area contributed by atoms with Gasteiger partial charge in [0, 0.05) is 17.8 Å². The molecule has 0 aliphatic heterocycles. The zero-order valence-electron chi connectivity index (χ0n) is 17.1. The van der Waals surface area contributed by atoms with Crippen LogP contribution in [0.2, 0.25) is 0 Å². The van der Waals surface area contributed by atoms with Crippen LogP contribution < -0.4 is 11.1 Å². The van der Waals surface area contributed by atoms with E-state index in [4.69, 9.17) is 5.73 Å². The van der Waals surface area contributed by atoms with Crippen molar-refractivity contribution in [1.29, 1.82) is 0 Å². The summed E-state index contributed by atoms with van der Waals surface area (Å²) in [5.74, 6) is 0.0753. The van der Waals surface area contributed by atoms with Crippen LogP contribution in [0.5, 0.6) is 0 Å². The summed E-state index contributed by atoms with van der Waals surface area (Å²) in [6.07, 6.45) is 22.9. The summed E-state index contributed by atoms with van der Waals surface area (Å²) in [4.78, 5) is 11.9. The van der Waals surface area contributed by atoms with Gasteiger partial charge in [0.1, 0.15) is 0 Å². The van der Waals surface area contributed by atoms with Gasteiger partial charge in [0.15, 0.2) is 0 Å². The molecule has 0 atom stereocenters. The Balaban J connectivity index is 1.91. The second-order valence-electron chi connectivity index (χ2n) is 7.15. The maximum Gasteiger partial charge on any atom is 0.224 e. The lowest BCUT2D eigenvalue weighted by Crippen LogP contribution is -2.11. The summed E-state index contributed by atoms with van der Waals surface area (Å²) in [6, 6.07) is 7.32. The number of nitrogens with one attached hydrogen (secondary N) is 1. The number of nitrogen functional groups attached to an aromatic ring is 1. The Bertz CT molecular complexity index is 563. The number of carbonyl (C=O) groups is 1. The molecule has 1 amide bonds. The van der Waals surface area contributed by atoms with Crippen molar-refractivity contribution in [3.05, 3.63) is 48.6 Å². The third kappa shape index (κ3) is 13.8. The van der Waals surface area contributed by atoms with E-state index in [1.54, 1.807) is 6.07 Å². The molecule has 27 heavy (non-hydrogen) atoms. The van der Waals surface area contributed by atoms with Crippen molar-refractivity contribution >= 4 is 17.3 Å². The lowest BCUT2D eigenvalue weighted by molar-refractivity contribution is -0.116. The average molecular weight is 371 g/mol. The molecular weight excluding hydrogens is 332 g/mol. The van der Waals surface area contributed by atoms with Crippen molar-refractivity contribution in [2.24, 2.45) is 0 Å². The molecule has 0 aromatic heterocycles. The molecule has 3 N–H and O–H groups in total. The molecule has 150 valence electrons. The van der Waals surface area contributed by atoms with E-state index in [0.717, 1.165) is 24.9 Å². The number of carbonyl (C=O) groups excluding carboxylic acids is 1. The van der Waals surface area contributed by atoms with E-state index in [0.29, 0.717) is 12.1 Å². The van der Waals surface area contributed by atoms with E-state index in [9.17, 15) is 4.79 Å². The van der Waals surface area contributed by atoms with Crippen LogP contribution in [0.4, 0.5) is 11.4 Å². The summed E-state index contributed by atoms with van der Waals surface area (Å²) in [5.41, 5.74) is 7.16. The highest BCUT2D eigenvalue weighted by molar-refractivity contribution is 5.91. The lowest BCUT2D eigenvalue weighted by Gasteiger charge is -2.05. The Kier molecular flexibility index (Phi) is 13.8. The second-order valence-corrected chi connectivity index (χ2v) is 7.15. The van der Waals surface area contributed by atoms with E-state index < -0.39 is 0 Å². The number of amides is 1. The van der Waals surface area contributed by atoms with Gasteiger partial charge in [-0.15, -0.1) is 0 Å². The molecule has 1 rings (SSSR count). The van der Waals surface area contributed by atoms with Crippen molar-refractivity contribution in [2.45, 2.75) is 84.0 Å². The number of hydrogen-bond donors (Lipinski definition) is 2. The van der Waals surface area contributed by atoms with Gasteiger partial charge in [0.25, 0.3) is 0 Å². The maximum atomic E-state index is 11.9. The van der Waals surface area contributed by atoms with Gasteiger partial charge in [-0.05, 0) is 56.7 Å². The fraction of sp³-hybridized carbons (Fsp3) is 0.542. The van der Waals surface area contributed by atoms with Gasteiger partial charge in [0.2, 0.25) is 5.91 Å². The van der Waals surface area contributed by atoms with Crippen LogP contribution >= 0.6 is 0 Å². The third-order valence-corrected chi connectivity index (χ3v) is 4.52. The first-order valence-electron chi connectivity index (χ1n) is 10.7. The fourth-order valence-corrected chi connectivity index (χ4v) is 2.94. The topological polar surface area (TPSA) is 55.1 Å². The van der Waals surface area contributed by atoms with Crippen molar-refractivity contribution in [3.63, 3.8) is 0 Å². The number of nitrogens with two attached hydrogens (primary N) is 1. The van der Waals surface area contributed by atoms with Gasteiger partial charge in [-0.2, -0.15) is 0 Å². The predicted molar refractivity (Wildman–Crippen MR) is 119 cm³/mol. The number of benzene rings is 1. The van der Waals surface area contributed by atoms with Gasteiger partial charge in [0.05, 0.1) is 0 Å². The summed E-state index contributed by atoms with van der Waals surface area (Å²) in [7, 11) is 0. The third-order valence-electron chi connectivity index (χ3n) is 4.52. The number of rotatable bonds is 15. The van der Waals surface area contributed by atoms with Crippen molar-refractivity contribution in [1.82, 2.24) is 0 Å². The highest BCUT2D eigenvalue weighted by atomic mass is 16.1. The molecule has 0 aliphatic carbocycles. The number of hydrogen-bond acceptors (Lipinski definition) is 2. The van der Waals surface area contributed by atoms with Crippen LogP contribution in [0.1, 0.15) is 84.0 Å². The monoisotopic (exact) mass is 370 g/mol. The van der Waals surface area contributed by atoms with Crippen LogP contribution in [0.15, 0.2) is 48.6 Å². The van der Waals surface area contributed by atoms with Crippen LogP contribution in [0.3, 0.4) is 0 Å². The van der Waals surface area contributed by atoms with E-state index in [1.807, 2.05) is 18.2 Å². The smallest absolute Gasteiger partial charge is 0.224 e. The minimum Gasteiger partial charge on any atom is -0.399 e. The van der Waals surface area contributed by atoms with Gasteiger partial charge in [-0.3, -0.25) is 4.79 Å². The Labute approximate surface area is 166 Å². The Morgan fingerprint density at radius 3 is 2.30 bits per heavy atom. The number of unbranched alkanes of at least 4 members (excludes halogenated alkanes) is 8. The Hall–Kier alpha value is -2.03. The van der Waals surface area contributed by atoms with Gasteiger partial charge in [-0.25, -0.2) is 0 Å². The van der Waals surface area contributed by atoms with E-state index >= 15 is 0 Å². The Morgan fingerprint density at radius 1 is 0.926 bits per heavy atom. The summed E-state index contributed by atoms with van der Waals surface area (Å²) in [6.45, 7) is 2.24. The molecule has 0 radical (unpaired) electrons. The molecule has 1 aromatic carbocycles. The first-order chi connectivity index (χ1) is 13.2. The molecule has 0 heterocycles. The summed E-state index contributed by atoms with van der Waals surface area (Å²) < 4.78 is 0. The van der Waals surface area contributed by atoms with E-state index in [2.05, 4.69) is 36.5 Å². The molecule has 1 aromatic rings. The molecule has 0 saturated carbocycles. The highest BCUT2D eigenvalue weighted by Gasteiger charge is 2.02. The van der Waals surface area contributed by atoms with Crippen LogP contribution in [-0.4, -0.2) is 5.91 Å². The van der Waals surface area contributed by atoms with Crippen molar-refractivity contribution in [2.75, 3.05) is 11.1 Å². The van der Waals surface area contributed by atoms with E-state index in [1.165, 1.54) is 51.4 Å². The largest absolute Gasteiger partial charge is 0.399 e. The number of anilines is 2. The quantitative estimate of drug-likeness (QED) is 0.198. The highest BCUT2D eigenvalue weighted by Crippen LogP contribution is 2.13. The molecule has 0 unspecified atom stereocenters. The van der Waals surface area contributed by atoms with Crippen molar-refractivity contribution < 1.29 is 4.79 Å². The molecule has 0 fully saturated rings. The zero-order chi connectivity index (χ0) is 19.6. The molecule has 0 saturated heterocycles. The molecule has 3 nitrogen and oxygen atoms in total. The van der Waals surface area contributed by atoms with Crippen molar-refractivity contribution in [3.8, 4) is 0 Å². The minimum absolute atomic E-state index is 0.0753. The molecule has 0 aliphatic rings. The first kappa shape index (κ1) is 23.0. The average Bonchev–Trinajstić information content (AvgIpc) is 2.65.